The Morgan fingerprint density at radius 3 is 2.54 bits per heavy atom. The van der Waals surface area contributed by atoms with Gasteiger partial charge in [-0.25, -0.2) is 0 Å². The lowest BCUT2D eigenvalue weighted by atomic mass is 10.1. The van der Waals surface area contributed by atoms with Gasteiger partial charge in [-0.1, -0.05) is 48.0 Å². The monoisotopic (exact) mass is 367 g/mol. The number of aromatic hydroxyl groups is 1. The quantitative estimate of drug-likeness (QED) is 0.657. The van der Waals surface area contributed by atoms with Crippen molar-refractivity contribution < 1.29 is 14.6 Å². The summed E-state index contributed by atoms with van der Waals surface area (Å²) < 4.78 is 5.92. The average molecular weight is 368 g/mol. The van der Waals surface area contributed by atoms with E-state index in [-0.39, 0.29) is 17.2 Å². The fraction of sp³-hybridized carbons (Fsp3) is 0.0952. The molecule has 3 aromatic carbocycles. The third-order valence-corrected chi connectivity index (χ3v) is 4.06. The first-order chi connectivity index (χ1) is 12.6. The molecule has 5 heteroatoms. The van der Waals surface area contributed by atoms with Crippen LogP contribution in [0.4, 0.5) is 0 Å². The Kier molecular flexibility index (Phi) is 5.77. The van der Waals surface area contributed by atoms with Gasteiger partial charge in [-0.05, 0) is 48.4 Å². The molecule has 26 heavy (non-hydrogen) atoms. The van der Waals surface area contributed by atoms with Crippen molar-refractivity contribution in [3.05, 3.63) is 88.9 Å². The molecule has 0 radical (unpaired) electrons. The van der Waals surface area contributed by atoms with Crippen LogP contribution in [0.25, 0.3) is 0 Å². The second-order valence-corrected chi connectivity index (χ2v) is 6.13. The highest BCUT2D eigenvalue weighted by Crippen LogP contribution is 2.25. The number of carbonyl (C=O) groups is 1. The first kappa shape index (κ1) is 17.8. The number of para-hydroxylation sites is 2. The number of rotatable bonds is 6. The van der Waals surface area contributed by atoms with Gasteiger partial charge in [0, 0.05) is 11.6 Å². The highest BCUT2D eigenvalue weighted by Gasteiger charge is 2.12. The third-order valence-electron chi connectivity index (χ3n) is 3.83. The number of phenols is 1. The van der Waals surface area contributed by atoms with Crippen LogP contribution in [0.2, 0.25) is 5.02 Å². The predicted molar refractivity (Wildman–Crippen MR) is 102 cm³/mol. The molecule has 3 aromatic rings. The van der Waals surface area contributed by atoms with Crippen LogP contribution in [-0.2, 0) is 6.42 Å². The van der Waals surface area contributed by atoms with Crippen molar-refractivity contribution in [2.24, 2.45) is 0 Å². The molecule has 0 spiro atoms. The van der Waals surface area contributed by atoms with Gasteiger partial charge in [-0.2, -0.15) is 0 Å². The Morgan fingerprint density at radius 2 is 1.73 bits per heavy atom. The second kappa shape index (κ2) is 8.41. The third kappa shape index (κ3) is 4.55. The van der Waals surface area contributed by atoms with Crippen molar-refractivity contribution in [1.82, 2.24) is 5.32 Å². The topological polar surface area (TPSA) is 58.6 Å². The van der Waals surface area contributed by atoms with Crippen molar-refractivity contribution >= 4 is 17.5 Å². The first-order valence-corrected chi connectivity index (χ1v) is 8.59. The van der Waals surface area contributed by atoms with Gasteiger partial charge in [0.25, 0.3) is 5.91 Å². The molecule has 0 aliphatic heterocycles. The standard InChI is InChI=1S/C21H18ClNO3/c22-16-10-11-19(24)18(14-16)21(25)23-13-12-15-6-4-5-9-20(15)26-17-7-2-1-3-8-17/h1-11,14,24H,12-13H2,(H,23,25). The average Bonchev–Trinajstić information content (AvgIpc) is 2.66. The SMILES string of the molecule is O=C(NCCc1ccccc1Oc1ccccc1)c1cc(Cl)ccc1O. The number of ether oxygens (including phenoxy) is 1. The molecule has 0 aliphatic rings. The molecule has 132 valence electrons. The van der Waals surface area contributed by atoms with E-state index in [9.17, 15) is 9.90 Å². The van der Waals surface area contributed by atoms with E-state index in [1.165, 1.54) is 18.2 Å². The summed E-state index contributed by atoms with van der Waals surface area (Å²) in [5.41, 5.74) is 1.14. The fourth-order valence-corrected chi connectivity index (χ4v) is 2.69. The Hall–Kier alpha value is -2.98. The number of hydrogen-bond acceptors (Lipinski definition) is 3. The van der Waals surface area contributed by atoms with Gasteiger partial charge in [0.05, 0.1) is 5.56 Å². The normalized spacial score (nSPS) is 10.3. The van der Waals surface area contributed by atoms with Gasteiger partial charge in [-0.15, -0.1) is 0 Å². The number of phenolic OH excluding ortho intramolecular Hbond substituents is 1. The van der Waals surface area contributed by atoms with E-state index in [0.29, 0.717) is 18.0 Å². The fourth-order valence-electron chi connectivity index (χ4n) is 2.52. The molecule has 0 fully saturated rings. The van der Waals surface area contributed by atoms with Crippen LogP contribution in [0, 0.1) is 0 Å². The lowest BCUT2D eigenvalue weighted by Crippen LogP contribution is -2.25. The molecule has 0 saturated heterocycles. The Labute approximate surface area is 157 Å². The summed E-state index contributed by atoms with van der Waals surface area (Å²) in [7, 11) is 0. The number of carbonyl (C=O) groups excluding carboxylic acids is 1. The zero-order chi connectivity index (χ0) is 18.4. The molecule has 2 N–H and O–H groups in total. The summed E-state index contributed by atoms with van der Waals surface area (Å²) in [5, 5.41) is 13.0. The van der Waals surface area contributed by atoms with Crippen molar-refractivity contribution in [3.8, 4) is 17.2 Å². The second-order valence-electron chi connectivity index (χ2n) is 5.69. The van der Waals surface area contributed by atoms with Crippen LogP contribution in [0.5, 0.6) is 17.2 Å². The van der Waals surface area contributed by atoms with Gasteiger partial charge >= 0.3 is 0 Å². The van der Waals surface area contributed by atoms with Crippen molar-refractivity contribution in [2.75, 3.05) is 6.54 Å². The van der Waals surface area contributed by atoms with E-state index in [0.717, 1.165) is 17.1 Å². The molecule has 3 rings (SSSR count). The van der Waals surface area contributed by atoms with Crippen LogP contribution in [0.1, 0.15) is 15.9 Å². The van der Waals surface area contributed by atoms with Gasteiger partial charge < -0.3 is 15.2 Å². The molecule has 0 unspecified atom stereocenters. The lowest BCUT2D eigenvalue weighted by molar-refractivity contribution is 0.0951. The van der Waals surface area contributed by atoms with E-state index in [1.54, 1.807) is 0 Å². The summed E-state index contributed by atoms with van der Waals surface area (Å²) in [6, 6.07) is 21.6. The predicted octanol–water partition coefficient (Wildman–Crippen LogP) is 4.81. The highest BCUT2D eigenvalue weighted by atomic mass is 35.5. The lowest BCUT2D eigenvalue weighted by Gasteiger charge is -2.12. The van der Waals surface area contributed by atoms with Crippen molar-refractivity contribution in [1.29, 1.82) is 0 Å². The molecule has 0 atom stereocenters. The molecular weight excluding hydrogens is 350 g/mol. The summed E-state index contributed by atoms with van der Waals surface area (Å²) in [6.45, 7) is 0.403. The minimum atomic E-state index is -0.369. The van der Waals surface area contributed by atoms with E-state index in [4.69, 9.17) is 16.3 Å². The Morgan fingerprint density at radius 1 is 1.00 bits per heavy atom. The number of amides is 1. The summed E-state index contributed by atoms with van der Waals surface area (Å²) in [5.74, 6) is 1.04. The van der Waals surface area contributed by atoms with Crippen molar-refractivity contribution in [2.45, 2.75) is 6.42 Å². The van der Waals surface area contributed by atoms with Gasteiger partial charge in [0.15, 0.2) is 0 Å². The summed E-state index contributed by atoms with van der Waals surface area (Å²) in [6.07, 6.45) is 0.593. The van der Waals surface area contributed by atoms with Crippen LogP contribution in [0.3, 0.4) is 0 Å². The molecule has 4 nitrogen and oxygen atoms in total. The van der Waals surface area contributed by atoms with E-state index in [2.05, 4.69) is 5.32 Å². The van der Waals surface area contributed by atoms with Crippen LogP contribution in [-0.4, -0.2) is 17.6 Å². The van der Waals surface area contributed by atoms with E-state index >= 15 is 0 Å². The molecule has 0 aliphatic carbocycles. The minimum Gasteiger partial charge on any atom is -0.507 e. The highest BCUT2D eigenvalue weighted by molar-refractivity contribution is 6.31. The maximum Gasteiger partial charge on any atom is 0.255 e. The maximum absolute atomic E-state index is 12.2. The van der Waals surface area contributed by atoms with Crippen molar-refractivity contribution in [3.63, 3.8) is 0 Å². The van der Waals surface area contributed by atoms with E-state index < -0.39 is 0 Å². The van der Waals surface area contributed by atoms with Gasteiger partial charge in [-0.3, -0.25) is 4.79 Å². The first-order valence-electron chi connectivity index (χ1n) is 8.21. The van der Waals surface area contributed by atoms with E-state index in [1.807, 2.05) is 54.6 Å². The van der Waals surface area contributed by atoms with Crippen LogP contribution in [0.15, 0.2) is 72.8 Å². The summed E-state index contributed by atoms with van der Waals surface area (Å²) >= 11 is 5.88. The Balaban J connectivity index is 1.63. The molecule has 0 heterocycles. The molecule has 0 saturated carbocycles. The van der Waals surface area contributed by atoms with Gasteiger partial charge in [0.1, 0.15) is 17.2 Å². The molecule has 1 amide bonds. The molecule has 0 bridgehead atoms. The van der Waals surface area contributed by atoms with Crippen LogP contribution < -0.4 is 10.1 Å². The minimum absolute atomic E-state index is 0.0975. The molecule has 0 aromatic heterocycles. The summed E-state index contributed by atoms with van der Waals surface area (Å²) in [4.78, 5) is 12.2. The number of hydrogen-bond donors (Lipinski definition) is 2. The molecular formula is C21H18ClNO3. The number of benzene rings is 3. The zero-order valence-electron chi connectivity index (χ0n) is 14.0. The number of halogens is 1. The zero-order valence-corrected chi connectivity index (χ0v) is 14.7. The Bertz CT molecular complexity index is 897. The number of nitrogens with one attached hydrogen (secondary N) is 1. The van der Waals surface area contributed by atoms with Crippen LogP contribution >= 0.6 is 11.6 Å². The maximum atomic E-state index is 12.2. The van der Waals surface area contributed by atoms with Gasteiger partial charge in [0.2, 0.25) is 0 Å². The smallest absolute Gasteiger partial charge is 0.255 e. The largest absolute Gasteiger partial charge is 0.507 e.